The Morgan fingerprint density at radius 1 is 1.43 bits per heavy atom. The summed E-state index contributed by atoms with van der Waals surface area (Å²) in [7, 11) is 2.35. The molecule has 1 atom stereocenters. The lowest BCUT2D eigenvalue weighted by molar-refractivity contribution is -0.917. The van der Waals surface area contributed by atoms with E-state index in [1.807, 2.05) is 11.3 Å². The molecule has 0 radical (unpaired) electrons. The molecule has 1 aliphatic rings. The minimum atomic E-state index is 0. The van der Waals surface area contributed by atoms with Crippen LogP contribution in [0.1, 0.15) is 18.7 Å². The summed E-state index contributed by atoms with van der Waals surface area (Å²) in [6.07, 6.45) is 5.85. The molecule has 0 saturated heterocycles. The van der Waals surface area contributed by atoms with E-state index in [9.17, 15) is 0 Å². The van der Waals surface area contributed by atoms with Crippen molar-refractivity contribution >= 4 is 11.3 Å². The van der Waals surface area contributed by atoms with Crippen LogP contribution in [0, 0.1) is 0 Å². The first kappa shape index (κ1) is 11.5. The topological polar surface area (TPSA) is 0 Å². The fraction of sp³-hybridized carbons (Fsp3) is 0.500. The molecular formula is C12H20NS+. The molecule has 0 bridgehead atoms. The van der Waals surface area contributed by atoms with Gasteiger partial charge in [-0.15, -0.1) is 11.3 Å². The highest BCUT2D eigenvalue weighted by molar-refractivity contribution is 7.09. The summed E-state index contributed by atoms with van der Waals surface area (Å²) in [4.78, 5) is 1.51. The number of hydrogen-bond donors (Lipinski definition) is 0. The van der Waals surface area contributed by atoms with Crippen molar-refractivity contribution in [3.63, 3.8) is 0 Å². The van der Waals surface area contributed by atoms with Gasteiger partial charge in [0.25, 0.3) is 0 Å². The van der Waals surface area contributed by atoms with E-state index in [1.54, 1.807) is 0 Å². The maximum absolute atomic E-state index is 2.35. The van der Waals surface area contributed by atoms with Crippen molar-refractivity contribution in [3.05, 3.63) is 34.5 Å². The largest absolute Gasteiger partial charge is 0.318 e. The predicted octanol–water partition coefficient (Wildman–Crippen LogP) is 3.29. The minimum Gasteiger partial charge on any atom is -0.318 e. The average molecular weight is 210 g/mol. The molecule has 0 aromatic carbocycles. The second kappa shape index (κ2) is 4.76. The maximum atomic E-state index is 2.35. The highest BCUT2D eigenvalue weighted by atomic mass is 32.1. The van der Waals surface area contributed by atoms with Crippen LogP contribution in [0.2, 0.25) is 0 Å². The van der Waals surface area contributed by atoms with Gasteiger partial charge in [-0.2, -0.15) is 0 Å². The van der Waals surface area contributed by atoms with Gasteiger partial charge in [-0.3, -0.25) is 0 Å². The molecule has 1 aliphatic heterocycles. The number of rotatable bonds is 2. The Kier molecular flexibility index (Phi) is 3.90. The molecular weight excluding hydrogens is 190 g/mol. The Balaban J connectivity index is 0.000000980. The van der Waals surface area contributed by atoms with Crippen LogP contribution >= 0.6 is 11.3 Å². The molecule has 2 heterocycles. The van der Waals surface area contributed by atoms with Crippen molar-refractivity contribution in [2.45, 2.75) is 20.4 Å². The van der Waals surface area contributed by atoms with E-state index in [1.165, 1.54) is 35.4 Å². The molecule has 1 unspecified atom stereocenters. The van der Waals surface area contributed by atoms with Crippen molar-refractivity contribution in [3.8, 4) is 0 Å². The van der Waals surface area contributed by atoms with Crippen LogP contribution in [0.25, 0.3) is 0 Å². The summed E-state index contributed by atoms with van der Waals surface area (Å²) in [6.45, 7) is 3.67. The Morgan fingerprint density at radius 3 is 2.86 bits per heavy atom. The number of quaternary nitrogens is 1. The molecule has 0 amide bonds. The molecule has 78 valence electrons. The zero-order chi connectivity index (χ0) is 9.15. The molecule has 14 heavy (non-hydrogen) atoms. The van der Waals surface area contributed by atoms with Gasteiger partial charge in [-0.05, 0) is 17.5 Å². The summed E-state index contributed by atoms with van der Waals surface area (Å²) in [5.74, 6) is 0. The van der Waals surface area contributed by atoms with Crippen LogP contribution in [-0.4, -0.2) is 24.6 Å². The monoisotopic (exact) mass is 210 g/mol. The van der Waals surface area contributed by atoms with Crippen LogP contribution in [0.4, 0.5) is 0 Å². The standard InChI is InChI=1S/C11H16NS.CH4/c1-12(7-3-2-4-8-12)10-11-6-5-9-13-11;/h2-3,5-6,9H,4,7-8,10H2,1H3;1H4/q+1;. The molecule has 0 saturated carbocycles. The van der Waals surface area contributed by atoms with Crippen LogP contribution in [0.5, 0.6) is 0 Å². The van der Waals surface area contributed by atoms with E-state index in [-0.39, 0.29) is 7.43 Å². The molecule has 2 rings (SSSR count). The van der Waals surface area contributed by atoms with Crippen molar-refractivity contribution in [1.82, 2.24) is 0 Å². The van der Waals surface area contributed by atoms with Gasteiger partial charge in [-0.1, -0.05) is 19.6 Å². The van der Waals surface area contributed by atoms with Crippen LogP contribution in [-0.2, 0) is 6.54 Å². The molecule has 2 heteroatoms. The Morgan fingerprint density at radius 2 is 2.29 bits per heavy atom. The lowest BCUT2D eigenvalue weighted by Gasteiger charge is -2.34. The number of thiophene rings is 1. The first-order valence-electron chi connectivity index (χ1n) is 4.79. The Bertz CT molecular complexity index is 289. The highest BCUT2D eigenvalue weighted by Crippen LogP contribution is 2.19. The van der Waals surface area contributed by atoms with Crippen molar-refractivity contribution in [1.29, 1.82) is 0 Å². The number of hydrogen-bond acceptors (Lipinski definition) is 1. The third-order valence-corrected chi connectivity index (χ3v) is 3.53. The van der Waals surface area contributed by atoms with Crippen LogP contribution < -0.4 is 0 Å². The summed E-state index contributed by atoms with van der Waals surface area (Å²) in [5, 5.41) is 2.17. The van der Waals surface area contributed by atoms with E-state index >= 15 is 0 Å². The fourth-order valence-corrected chi connectivity index (χ4v) is 2.72. The van der Waals surface area contributed by atoms with Gasteiger partial charge in [0.05, 0.1) is 25.0 Å². The van der Waals surface area contributed by atoms with Gasteiger partial charge in [0.1, 0.15) is 6.54 Å². The van der Waals surface area contributed by atoms with Crippen LogP contribution in [0.3, 0.4) is 0 Å². The number of nitrogens with zero attached hydrogens (tertiary/aromatic N) is 1. The first-order valence-corrected chi connectivity index (χ1v) is 5.67. The van der Waals surface area contributed by atoms with E-state index in [0.29, 0.717) is 0 Å². The summed E-state index contributed by atoms with van der Waals surface area (Å²) in [6, 6.07) is 4.39. The lowest BCUT2D eigenvalue weighted by atomic mass is 10.2. The molecule has 1 aromatic rings. The lowest BCUT2D eigenvalue weighted by Crippen LogP contribution is -2.45. The first-order chi connectivity index (χ1) is 6.29. The van der Waals surface area contributed by atoms with Crippen LogP contribution in [0.15, 0.2) is 29.7 Å². The Hall–Kier alpha value is -0.600. The number of likely N-dealkylation sites (N-methyl/N-ethyl adjacent to an activating group) is 1. The summed E-state index contributed by atoms with van der Waals surface area (Å²) < 4.78 is 1.18. The molecule has 0 N–H and O–H groups in total. The third kappa shape index (κ3) is 2.69. The predicted molar refractivity (Wildman–Crippen MR) is 64.4 cm³/mol. The van der Waals surface area contributed by atoms with E-state index < -0.39 is 0 Å². The third-order valence-electron chi connectivity index (χ3n) is 2.67. The zero-order valence-electron chi connectivity index (χ0n) is 8.07. The highest BCUT2D eigenvalue weighted by Gasteiger charge is 2.22. The average Bonchev–Trinajstić information content (AvgIpc) is 2.57. The summed E-state index contributed by atoms with van der Waals surface area (Å²) in [5.41, 5.74) is 0. The van der Waals surface area contributed by atoms with Crippen molar-refractivity contribution in [2.24, 2.45) is 0 Å². The Labute approximate surface area is 91.3 Å². The maximum Gasteiger partial charge on any atom is 0.114 e. The normalized spacial score (nSPS) is 25.8. The smallest absolute Gasteiger partial charge is 0.114 e. The second-order valence-electron chi connectivity index (χ2n) is 4.02. The van der Waals surface area contributed by atoms with Gasteiger partial charge in [0.2, 0.25) is 0 Å². The van der Waals surface area contributed by atoms with Gasteiger partial charge in [-0.25, -0.2) is 0 Å². The molecule has 0 spiro atoms. The molecule has 1 aromatic heterocycles. The van der Waals surface area contributed by atoms with Crippen molar-refractivity contribution in [2.75, 3.05) is 20.1 Å². The molecule has 1 nitrogen and oxygen atoms in total. The van der Waals surface area contributed by atoms with Gasteiger partial charge in [0.15, 0.2) is 0 Å². The fourth-order valence-electron chi connectivity index (χ4n) is 1.85. The van der Waals surface area contributed by atoms with E-state index in [2.05, 4.69) is 36.7 Å². The summed E-state index contributed by atoms with van der Waals surface area (Å²) >= 11 is 1.88. The van der Waals surface area contributed by atoms with Crippen molar-refractivity contribution < 1.29 is 4.48 Å². The van der Waals surface area contributed by atoms with Gasteiger partial charge >= 0.3 is 0 Å². The van der Waals surface area contributed by atoms with Gasteiger partial charge < -0.3 is 4.48 Å². The van der Waals surface area contributed by atoms with Gasteiger partial charge in [0, 0.05) is 6.42 Å². The zero-order valence-corrected chi connectivity index (χ0v) is 8.89. The SMILES string of the molecule is C.C[N+]1(Cc2cccs2)CC=CCC1. The molecule has 0 aliphatic carbocycles. The van der Waals surface area contributed by atoms with E-state index in [0.717, 1.165) is 0 Å². The minimum absolute atomic E-state index is 0. The molecule has 0 fully saturated rings. The second-order valence-corrected chi connectivity index (χ2v) is 5.06. The quantitative estimate of drug-likeness (QED) is 0.519. The van der Waals surface area contributed by atoms with E-state index in [4.69, 9.17) is 0 Å².